The number of furan rings is 1. The lowest BCUT2D eigenvalue weighted by Gasteiger charge is -2.01. The molecule has 2 nitrogen and oxygen atoms in total. The van der Waals surface area contributed by atoms with Crippen LogP contribution in [-0.4, -0.2) is 7.05 Å². The zero-order valence-corrected chi connectivity index (χ0v) is 12.1. The summed E-state index contributed by atoms with van der Waals surface area (Å²) in [6, 6.07) is 4.20. The Morgan fingerprint density at radius 2 is 2.12 bits per heavy atom. The fourth-order valence-corrected chi connectivity index (χ4v) is 2.77. The van der Waals surface area contributed by atoms with Crippen molar-refractivity contribution in [3.05, 3.63) is 33.5 Å². The van der Waals surface area contributed by atoms with Gasteiger partial charge in [0.25, 0.3) is 0 Å². The Balaban J connectivity index is 2.70. The van der Waals surface area contributed by atoms with E-state index >= 15 is 0 Å². The Hall–Kier alpha value is -0.800. The zero-order valence-electron chi connectivity index (χ0n) is 10.6. The highest BCUT2D eigenvalue weighted by Crippen LogP contribution is 2.35. The Morgan fingerprint density at radius 3 is 2.76 bits per heavy atom. The molecular weight excluding hydrogens is 278 g/mol. The maximum Gasteiger partial charge on any atom is 0.138 e. The van der Waals surface area contributed by atoms with E-state index in [1.54, 1.807) is 0 Å². The monoisotopic (exact) mass is 295 g/mol. The average Bonchev–Trinajstić information content (AvgIpc) is 2.66. The number of hydrogen-bond donors (Lipinski definition) is 1. The summed E-state index contributed by atoms with van der Waals surface area (Å²) >= 11 is 3.64. The molecule has 1 heterocycles. The van der Waals surface area contributed by atoms with E-state index in [0.717, 1.165) is 35.2 Å². The van der Waals surface area contributed by atoms with Crippen LogP contribution in [0.25, 0.3) is 11.0 Å². The number of fused-ring (bicyclic) bond motifs is 1. The van der Waals surface area contributed by atoms with E-state index in [9.17, 15) is 0 Å². The Bertz CT molecular complexity index is 530. The lowest BCUT2D eigenvalue weighted by molar-refractivity contribution is 0.522. The molecule has 0 aliphatic heterocycles. The van der Waals surface area contributed by atoms with Crippen molar-refractivity contribution in [1.82, 2.24) is 5.32 Å². The molecule has 1 aromatic heterocycles. The van der Waals surface area contributed by atoms with Crippen molar-refractivity contribution in [1.29, 1.82) is 0 Å². The summed E-state index contributed by atoms with van der Waals surface area (Å²) in [4.78, 5) is 0. The lowest BCUT2D eigenvalue weighted by Crippen LogP contribution is -2.06. The van der Waals surface area contributed by atoms with Gasteiger partial charge >= 0.3 is 0 Å². The van der Waals surface area contributed by atoms with Gasteiger partial charge in [-0.25, -0.2) is 0 Å². The van der Waals surface area contributed by atoms with E-state index in [1.807, 2.05) is 7.05 Å². The van der Waals surface area contributed by atoms with E-state index in [-0.39, 0.29) is 0 Å². The molecule has 0 radical (unpaired) electrons. The van der Waals surface area contributed by atoms with Gasteiger partial charge in [0.15, 0.2) is 0 Å². The molecule has 0 spiro atoms. The summed E-state index contributed by atoms with van der Waals surface area (Å²) in [5.74, 6) is 1.07. The van der Waals surface area contributed by atoms with Gasteiger partial charge in [0.05, 0.1) is 6.54 Å². The molecule has 0 fully saturated rings. The van der Waals surface area contributed by atoms with E-state index in [1.165, 1.54) is 16.5 Å². The topological polar surface area (TPSA) is 25.2 Å². The van der Waals surface area contributed by atoms with Crippen molar-refractivity contribution in [2.24, 2.45) is 0 Å². The molecule has 2 rings (SSSR count). The highest BCUT2D eigenvalue weighted by atomic mass is 79.9. The molecule has 0 amide bonds. The lowest BCUT2D eigenvalue weighted by atomic mass is 10.0. The number of benzene rings is 1. The molecule has 17 heavy (non-hydrogen) atoms. The molecule has 0 aliphatic carbocycles. The van der Waals surface area contributed by atoms with Crippen LogP contribution >= 0.6 is 15.9 Å². The van der Waals surface area contributed by atoms with Crippen LogP contribution in [0.2, 0.25) is 0 Å². The normalized spacial score (nSPS) is 11.3. The van der Waals surface area contributed by atoms with Crippen LogP contribution in [0.15, 0.2) is 21.0 Å². The Kier molecular flexibility index (Phi) is 3.89. The largest absolute Gasteiger partial charge is 0.459 e. The third kappa shape index (κ3) is 2.26. The van der Waals surface area contributed by atoms with E-state index in [0.29, 0.717) is 0 Å². The molecule has 2 aromatic rings. The van der Waals surface area contributed by atoms with E-state index in [4.69, 9.17) is 4.42 Å². The maximum atomic E-state index is 6.01. The molecule has 0 saturated heterocycles. The fourth-order valence-electron chi connectivity index (χ4n) is 2.22. The Labute approximate surface area is 111 Å². The van der Waals surface area contributed by atoms with Gasteiger partial charge < -0.3 is 9.73 Å². The van der Waals surface area contributed by atoms with Crippen molar-refractivity contribution in [2.75, 3.05) is 7.05 Å². The summed E-state index contributed by atoms with van der Waals surface area (Å²) in [5.41, 5.74) is 3.56. The van der Waals surface area contributed by atoms with E-state index in [2.05, 4.69) is 47.2 Å². The predicted octanol–water partition coefficient (Wildman–Crippen LogP) is 4.18. The van der Waals surface area contributed by atoms with Crippen molar-refractivity contribution < 1.29 is 4.42 Å². The minimum atomic E-state index is 0.788. The standard InChI is InChI=1S/C14H18BrNO/c1-4-5-10-12(8-16-3)17-14-9(2)6-7-11(15)13(10)14/h6-7,16H,4-5,8H2,1-3H3. The molecule has 92 valence electrons. The second kappa shape index (κ2) is 5.23. The van der Waals surface area contributed by atoms with Crippen molar-refractivity contribution in [2.45, 2.75) is 33.2 Å². The van der Waals surface area contributed by atoms with Crippen LogP contribution in [0, 0.1) is 6.92 Å². The predicted molar refractivity (Wildman–Crippen MR) is 75.4 cm³/mol. The quantitative estimate of drug-likeness (QED) is 0.915. The van der Waals surface area contributed by atoms with Gasteiger partial charge in [-0.05, 0) is 32.0 Å². The molecule has 0 saturated carbocycles. The van der Waals surface area contributed by atoms with Gasteiger partial charge in [0.1, 0.15) is 11.3 Å². The summed E-state index contributed by atoms with van der Waals surface area (Å²) in [6.07, 6.45) is 2.19. The minimum absolute atomic E-state index is 0.788. The van der Waals surface area contributed by atoms with Gasteiger partial charge in [-0.2, -0.15) is 0 Å². The van der Waals surface area contributed by atoms with Crippen molar-refractivity contribution >= 4 is 26.9 Å². The summed E-state index contributed by atoms with van der Waals surface area (Å²) in [5, 5.41) is 4.42. The van der Waals surface area contributed by atoms with Gasteiger partial charge in [-0.1, -0.05) is 35.3 Å². The number of nitrogens with one attached hydrogen (secondary N) is 1. The first-order valence-electron chi connectivity index (χ1n) is 6.03. The molecule has 0 unspecified atom stereocenters. The summed E-state index contributed by atoms with van der Waals surface area (Å²) in [6.45, 7) is 5.08. The van der Waals surface area contributed by atoms with Gasteiger partial charge in [0, 0.05) is 15.4 Å². The summed E-state index contributed by atoms with van der Waals surface area (Å²) < 4.78 is 7.14. The molecular formula is C14H18BrNO. The average molecular weight is 296 g/mol. The number of rotatable bonds is 4. The second-order valence-corrected chi connectivity index (χ2v) is 5.21. The zero-order chi connectivity index (χ0) is 12.4. The number of halogens is 1. The van der Waals surface area contributed by atoms with Crippen LogP contribution < -0.4 is 5.32 Å². The van der Waals surface area contributed by atoms with Gasteiger partial charge in [-0.15, -0.1) is 0 Å². The van der Waals surface area contributed by atoms with Gasteiger partial charge in [0.2, 0.25) is 0 Å². The number of aryl methyl sites for hydroxylation is 2. The molecule has 0 atom stereocenters. The third-order valence-corrected chi connectivity index (χ3v) is 3.67. The van der Waals surface area contributed by atoms with Crippen molar-refractivity contribution in [3.63, 3.8) is 0 Å². The van der Waals surface area contributed by atoms with Crippen LogP contribution in [0.5, 0.6) is 0 Å². The van der Waals surface area contributed by atoms with Crippen LogP contribution in [0.3, 0.4) is 0 Å². The van der Waals surface area contributed by atoms with Crippen LogP contribution in [0.4, 0.5) is 0 Å². The first-order chi connectivity index (χ1) is 8.19. The molecule has 1 aromatic carbocycles. The summed E-state index contributed by atoms with van der Waals surface area (Å²) in [7, 11) is 1.95. The van der Waals surface area contributed by atoms with Crippen LogP contribution in [0.1, 0.15) is 30.2 Å². The molecule has 3 heteroatoms. The first kappa shape index (κ1) is 12.7. The fraction of sp³-hybridized carbons (Fsp3) is 0.429. The molecule has 1 N–H and O–H groups in total. The third-order valence-electron chi connectivity index (χ3n) is 3.00. The Morgan fingerprint density at radius 1 is 1.35 bits per heavy atom. The minimum Gasteiger partial charge on any atom is -0.459 e. The van der Waals surface area contributed by atoms with Gasteiger partial charge in [-0.3, -0.25) is 0 Å². The SMILES string of the molecule is CCCc1c(CNC)oc2c(C)ccc(Br)c12. The number of hydrogen-bond acceptors (Lipinski definition) is 2. The highest BCUT2D eigenvalue weighted by molar-refractivity contribution is 9.10. The smallest absolute Gasteiger partial charge is 0.138 e. The molecule has 0 bridgehead atoms. The first-order valence-corrected chi connectivity index (χ1v) is 6.82. The maximum absolute atomic E-state index is 6.01. The molecule has 0 aliphatic rings. The van der Waals surface area contributed by atoms with E-state index < -0.39 is 0 Å². The highest BCUT2D eigenvalue weighted by Gasteiger charge is 2.16. The van der Waals surface area contributed by atoms with Crippen molar-refractivity contribution in [3.8, 4) is 0 Å². The second-order valence-electron chi connectivity index (χ2n) is 4.35. The van der Waals surface area contributed by atoms with Crippen LogP contribution in [-0.2, 0) is 13.0 Å².